The quantitative estimate of drug-likeness (QED) is 0.833. The molecule has 120 valence electrons. The van der Waals surface area contributed by atoms with Crippen LogP contribution < -0.4 is 5.32 Å². The molecule has 0 unspecified atom stereocenters. The highest BCUT2D eigenvalue weighted by Crippen LogP contribution is 2.29. The SMILES string of the molecule is Fc1ccc(CNC(=S)N(Cc2ccccc2F)C2CC2)cc1. The molecular formula is C18H18F2N2S. The van der Waals surface area contributed by atoms with Crippen molar-refractivity contribution in [2.24, 2.45) is 0 Å². The van der Waals surface area contributed by atoms with E-state index in [1.165, 1.54) is 18.2 Å². The minimum absolute atomic E-state index is 0.209. The first-order valence-corrected chi connectivity index (χ1v) is 8.06. The van der Waals surface area contributed by atoms with Gasteiger partial charge in [-0.05, 0) is 48.8 Å². The van der Waals surface area contributed by atoms with E-state index >= 15 is 0 Å². The Hall–Kier alpha value is -2.01. The summed E-state index contributed by atoms with van der Waals surface area (Å²) in [5.74, 6) is -0.463. The molecule has 3 rings (SSSR count). The van der Waals surface area contributed by atoms with Crippen molar-refractivity contribution in [1.82, 2.24) is 10.2 Å². The number of halogens is 2. The lowest BCUT2D eigenvalue weighted by Crippen LogP contribution is -2.40. The number of nitrogens with zero attached hydrogens (tertiary/aromatic N) is 1. The zero-order chi connectivity index (χ0) is 16.2. The first-order chi connectivity index (χ1) is 11.1. The van der Waals surface area contributed by atoms with Gasteiger partial charge in [-0.25, -0.2) is 8.78 Å². The summed E-state index contributed by atoms with van der Waals surface area (Å²) in [5.41, 5.74) is 1.60. The predicted molar refractivity (Wildman–Crippen MR) is 90.8 cm³/mol. The molecule has 23 heavy (non-hydrogen) atoms. The van der Waals surface area contributed by atoms with Gasteiger partial charge < -0.3 is 10.2 Å². The Balaban J connectivity index is 1.63. The van der Waals surface area contributed by atoms with Crippen molar-refractivity contribution in [3.8, 4) is 0 Å². The van der Waals surface area contributed by atoms with Crippen molar-refractivity contribution in [3.05, 3.63) is 71.3 Å². The van der Waals surface area contributed by atoms with Gasteiger partial charge >= 0.3 is 0 Å². The van der Waals surface area contributed by atoms with Crippen molar-refractivity contribution in [2.45, 2.75) is 32.0 Å². The van der Waals surface area contributed by atoms with Crippen molar-refractivity contribution in [1.29, 1.82) is 0 Å². The summed E-state index contributed by atoms with van der Waals surface area (Å²) < 4.78 is 26.8. The van der Waals surface area contributed by atoms with Crippen LogP contribution >= 0.6 is 12.2 Å². The van der Waals surface area contributed by atoms with Crippen LogP contribution in [0.25, 0.3) is 0 Å². The number of hydrogen-bond acceptors (Lipinski definition) is 1. The van der Waals surface area contributed by atoms with Gasteiger partial charge in [0.1, 0.15) is 11.6 Å². The van der Waals surface area contributed by atoms with Crippen LogP contribution in [0, 0.1) is 11.6 Å². The molecule has 0 bridgehead atoms. The summed E-state index contributed by atoms with van der Waals surface area (Å²) in [5, 5.41) is 3.80. The predicted octanol–water partition coefficient (Wildman–Crippen LogP) is 4.00. The lowest BCUT2D eigenvalue weighted by atomic mass is 10.2. The molecule has 2 aromatic carbocycles. The molecule has 0 aliphatic heterocycles. The molecular weight excluding hydrogens is 314 g/mol. The van der Waals surface area contributed by atoms with Crippen LogP contribution in [0.5, 0.6) is 0 Å². The summed E-state index contributed by atoms with van der Waals surface area (Å²) in [6.45, 7) is 0.992. The molecule has 1 saturated carbocycles. The molecule has 0 aromatic heterocycles. The van der Waals surface area contributed by atoms with Gasteiger partial charge in [-0.3, -0.25) is 0 Å². The highest BCUT2D eigenvalue weighted by molar-refractivity contribution is 7.80. The summed E-state index contributed by atoms with van der Waals surface area (Å²) in [6, 6.07) is 13.5. The maximum Gasteiger partial charge on any atom is 0.169 e. The van der Waals surface area contributed by atoms with E-state index in [4.69, 9.17) is 12.2 Å². The fraction of sp³-hybridized carbons (Fsp3) is 0.278. The van der Waals surface area contributed by atoms with Crippen LogP contribution in [-0.4, -0.2) is 16.1 Å². The van der Waals surface area contributed by atoms with Crippen LogP contribution in [0.3, 0.4) is 0 Å². The highest BCUT2D eigenvalue weighted by Gasteiger charge is 2.31. The van der Waals surface area contributed by atoms with E-state index in [9.17, 15) is 8.78 Å². The summed E-state index contributed by atoms with van der Waals surface area (Å²) in [7, 11) is 0. The summed E-state index contributed by atoms with van der Waals surface area (Å²) in [4.78, 5) is 2.04. The Morgan fingerprint density at radius 1 is 1.09 bits per heavy atom. The molecule has 1 N–H and O–H groups in total. The molecule has 1 fully saturated rings. The van der Waals surface area contributed by atoms with Gasteiger partial charge in [-0.2, -0.15) is 0 Å². The third-order valence-corrected chi connectivity index (χ3v) is 4.28. The molecule has 2 aromatic rings. The van der Waals surface area contributed by atoms with Crippen molar-refractivity contribution in [2.75, 3.05) is 0 Å². The standard InChI is InChI=1S/C18H18F2N2S/c19-15-7-5-13(6-8-15)11-21-18(23)22(16-9-10-16)12-14-3-1-2-4-17(14)20/h1-8,16H,9-12H2,(H,21,23). The zero-order valence-electron chi connectivity index (χ0n) is 12.6. The molecule has 0 heterocycles. The third-order valence-electron chi connectivity index (χ3n) is 3.90. The molecule has 2 nitrogen and oxygen atoms in total. The van der Waals surface area contributed by atoms with Crippen LogP contribution in [-0.2, 0) is 13.1 Å². The Bertz CT molecular complexity index is 684. The van der Waals surface area contributed by atoms with Crippen molar-refractivity contribution < 1.29 is 8.78 Å². The zero-order valence-corrected chi connectivity index (χ0v) is 13.5. The Morgan fingerprint density at radius 2 is 1.78 bits per heavy atom. The van der Waals surface area contributed by atoms with Crippen LogP contribution in [0.2, 0.25) is 0 Å². The first kappa shape index (κ1) is 15.9. The molecule has 1 aliphatic carbocycles. The molecule has 1 aliphatic rings. The molecule has 0 saturated heterocycles. The smallest absolute Gasteiger partial charge is 0.169 e. The van der Waals surface area contributed by atoms with E-state index < -0.39 is 0 Å². The van der Waals surface area contributed by atoms with Gasteiger partial charge in [-0.1, -0.05) is 30.3 Å². The van der Waals surface area contributed by atoms with Gasteiger partial charge in [-0.15, -0.1) is 0 Å². The van der Waals surface area contributed by atoms with Crippen molar-refractivity contribution >= 4 is 17.3 Å². The number of thiocarbonyl (C=S) groups is 1. The van der Waals surface area contributed by atoms with E-state index in [1.807, 2.05) is 11.0 Å². The normalized spacial score (nSPS) is 13.7. The van der Waals surface area contributed by atoms with Gasteiger partial charge in [0.15, 0.2) is 5.11 Å². The van der Waals surface area contributed by atoms with Gasteiger partial charge in [0.2, 0.25) is 0 Å². The maximum atomic E-state index is 13.9. The van der Waals surface area contributed by atoms with Gasteiger partial charge in [0, 0.05) is 24.7 Å². The number of hydrogen-bond donors (Lipinski definition) is 1. The molecule has 0 spiro atoms. The number of nitrogens with one attached hydrogen (secondary N) is 1. The monoisotopic (exact) mass is 332 g/mol. The minimum Gasteiger partial charge on any atom is -0.358 e. The van der Waals surface area contributed by atoms with E-state index in [0.29, 0.717) is 29.8 Å². The minimum atomic E-state index is -0.254. The van der Waals surface area contributed by atoms with E-state index in [0.717, 1.165) is 18.4 Å². The average molecular weight is 332 g/mol. The Labute approximate surface area is 140 Å². The summed E-state index contributed by atoms with van der Waals surface area (Å²) in [6.07, 6.45) is 2.15. The average Bonchev–Trinajstić information content (AvgIpc) is 3.38. The van der Waals surface area contributed by atoms with Crippen LogP contribution in [0.1, 0.15) is 24.0 Å². The second-order valence-corrected chi connectivity index (χ2v) is 6.12. The van der Waals surface area contributed by atoms with Crippen molar-refractivity contribution in [3.63, 3.8) is 0 Å². The second kappa shape index (κ2) is 7.04. The Morgan fingerprint density at radius 3 is 2.43 bits per heavy atom. The van der Waals surface area contributed by atoms with E-state index in [2.05, 4.69) is 5.32 Å². The highest BCUT2D eigenvalue weighted by atomic mass is 32.1. The molecule has 5 heteroatoms. The first-order valence-electron chi connectivity index (χ1n) is 7.66. The molecule has 0 amide bonds. The van der Waals surface area contributed by atoms with Crippen LogP contribution in [0.15, 0.2) is 48.5 Å². The Kier molecular flexibility index (Phi) is 4.86. The molecule has 0 atom stereocenters. The lowest BCUT2D eigenvalue weighted by Gasteiger charge is -2.26. The van der Waals surface area contributed by atoms with Gasteiger partial charge in [0.05, 0.1) is 0 Å². The van der Waals surface area contributed by atoms with E-state index in [-0.39, 0.29) is 11.6 Å². The topological polar surface area (TPSA) is 15.3 Å². The largest absolute Gasteiger partial charge is 0.358 e. The maximum absolute atomic E-state index is 13.9. The fourth-order valence-corrected chi connectivity index (χ4v) is 2.73. The number of benzene rings is 2. The fourth-order valence-electron chi connectivity index (χ4n) is 2.44. The third kappa shape index (κ3) is 4.26. The summed E-state index contributed by atoms with van der Waals surface area (Å²) >= 11 is 5.48. The van der Waals surface area contributed by atoms with Crippen LogP contribution in [0.4, 0.5) is 8.78 Å². The lowest BCUT2D eigenvalue weighted by molar-refractivity contribution is 0.387. The second-order valence-electron chi connectivity index (χ2n) is 5.74. The van der Waals surface area contributed by atoms with E-state index in [1.54, 1.807) is 24.3 Å². The molecule has 0 radical (unpaired) electrons. The van der Waals surface area contributed by atoms with Gasteiger partial charge in [0.25, 0.3) is 0 Å². The number of rotatable bonds is 5.